The van der Waals surface area contributed by atoms with Crippen molar-refractivity contribution in [1.82, 2.24) is 0 Å². The Hall–Kier alpha value is -1.44. The number of benzene rings is 1. The lowest BCUT2D eigenvalue weighted by atomic mass is 9.89. The lowest BCUT2D eigenvalue weighted by Crippen LogP contribution is -2.13. The second-order valence-corrected chi connectivity index (χ2v) is 3.69. The van der Waals surface area contributed by atoms with Crippen molar-refractivity contribution in [2.75, 3.05) is 0 Å². The summed E-state index contributed by atoms with van der Waals surface area (Å²) in [5.74, 6) is -0.347. The zero-order chi connectivity index (χ0) is 9.97. The lowest BCUT2D eigenvalue weighted by molar-refractivity contribution is -0.120. The third-order valence-corrected chi connectivity index (χ3v) is 2.96. The Balaban J connectivity index is 2.33. The first-order valence-corrected chi connectivity index (χ1v) is 4.85. The minimum atomic E-state index is -0.460. The summed E-state index contributed by atoms with van der Waals surface area (Å²) in [7, 11) is 0. The highest BCUT2D eigenvalue weighted by Gasteiger charge is 2.28. The molecule has 0 aromatic heterocycles. The summed E-state index contributed by atoms with van der Waals surface area (Å²) in [6, 6.07) is 8.05. The molecule has 2 rings (SSSR count). The lowest BCUT2D eigenvalue weighted by Gasteiger charge is -2.12. The molecule has 0 radical (unpaired) electrons. The third-order valence-electron chi connectivity index (χ3n) is 2.96. The van der Waals surface area contributed by atoms with Crippen molar-refractivity contribution in [1.29, 1.82) is 0 Å². The van der Waals surface area contributed by atoms with Gasteiger partial charge in [-0.2, -0.15) is 0 Å². The Morgan fingerprint density at radius 1 is 1.21 bits per heavy atom. The second-order valence-electron chi connectivity index (χ2n) is 3.69. The molecule has 0 amide bonds. The Kier molecular flexibility index (Phi) is 2.44. The van der Waals surface area contributed by atoms with Gasteiger partial charge in [-0.1, -0.05) is 24.3 Å². The predicted octanol–water partition coefficient (Wildman–Crippen LogP) is 1.73. The van der Waals surface area contributed by atoms with E-state index in [4.69, 9.17) is 0 Å². The number of aldehydes is 2. The molecule has 1 unspecified atom stereocenters. The summed E-state index contributed by atoms with van der Waals surface area (Å²) in [6.07, 6.45) is 3.43. The normalized spacial score (nSPS) is 19.4. The minimum Gasteiger partial charge on any atom is -0.303 e. The summed E-state index contributed by atoms with van der Waals surface area (Å²) >= 11 is 0. The largest absolute Gasteiger partial charge is 0.303 e. The fourth-order valence-corrected chi connectivity index (χ4v) is 2.21. The highest BCUT2D eigenvalue weighted by Crippen LogP contribution is 2.36. The standard InChI is InChI=1S/C12H12O2/c13-7-10(8-14)12-6-5-9-3-1-2-4-11(9)12/h1-4,7-8,10,12H,5-6H2. The van der Waals surface area contributed by atoms with Crippen LogP contribution in [0.2, 0.25) is 0 Å². The Bertz CT molecular complexity index is 349. The fourth-order valence-electron chi connectivity index (χ4n) is 2.21. The van der Waals surface area contributed by atoms with Crippen molar-refractivity contribution in [3.8, 4) is 0 Å². The van der Waals surface area contributed by atoms with Crippen LogP contribution in [-0.2, 0) is 16.0 Å². The molecule has 0 saturated heterocycles. The molecule has 14 heavy (non-hydrogen) atoms. The monoisotopic (exact) mass is 188 g/mol. The molecule has 1 atom stereocenters. The van der Waals surface area contributed by atoms with E-state index in [0.717, 1.165) is 25.4 Å². The molecule has 2 heteroatoms. The van der Waals surface area contributed by atoms with Crippen LogP contribution in [0.5, 0.6) is 0 Å². The SMILES string of the molecule is O=CC(C=O)C1CCc2ccccc21. The number of rotatable bonds is 3. The van der Waals surface area contributed by atoms with Gasteiger partial charge in [0.2, 0.25) is 0 Å². The molecule has 1 aliphatic rings. The van der Waals surface area contributed by atoms with Crippen molar-refractivity contribution >= 4 is 12.6 Å². The average molecular weight is 188 g/mol. The predicted molar refractivity (Wildman–Crippen MR) is 53.1 cm³/mol. The van der Waals surface area contributed by atoms with E-state index in [2.05, 4.69) is 6.07 Å². The Morgan fingerprint density at radius 3 is 2.64 bits per heavy atom. The maximum absolute atomic E-state index is 10.7. The molecule has 0 N–H and O–H groups in total. The van der Waals surface area contributed by atoms with Gasteiger partial charge in [-0.3, -0.25) is 0 Å². The summed E-state index contributed by atoms with van der Waals surface area (Å²) in [5, 5.41) is 0. The number of carbonyl (C=O) groups is 2. The Labute approximate surface area is 82.9 Å². The molecular weight excluding hydrogens is 176 g/mol. The number of hydrogen-bond acceptors (Lipinski definition) is 2. The molecule has 1 aromatic carbocycles. The van der Waals surface area contributed by atoms with E-state index in [1.165, 1.54) is 11.1 Å². The van der Waals surface area contributed by atoms with Crippen LogP contribution in [0.3, 0.4) is 0 Å². The van der Waals surface area contributed by atoms with Crippen LogP contribution < -0.4 is 0 Å². The van der Waals surface area contributed by atoms with E-state index in [0.29, 0.717) is 0 Å². The van der Waals surface area contributed by atoms with Crippen LogP contribution in [0.25, 0.3) is 0 Å². The molecular formula is C12H12O2. The van der Waals surface area contributed by atoms with Crippen LogP contribution in [0.1, 0.15) is 23.5 Å². The molecule has 0 fully saturated rings. The van der Waals surface area contributed by atoms with E-state index in [1.54, 1.807) is 0 Å². The molecule has 72 valence electrons. The average Bonchev–Trinajstić information content (AvgIpc) is 2.65. The quantitative estimate of drug-likeness (QED) is 0.534. The second kappa shape index (κ2) is 3.74. The first-order valence-electron chi connectivity index (χ1n) is 4.85. The van der Waals surface area contributed by atoms with Crippen LogP contribution in [-0.4, -0.2) is 12.6 Å². The van der Waals surface area contributed by atoms with Gasteiger partial charge in [0, 0.05) is 5.92 Å². The van der Waals surface area contributed by atoms with Crippen molar-refractivity contribution in [3.63, 3.8) is 0 Å². The van der Waals surface area contributed by atoms with Gasteiger partial charge in [0.05, 0.1) is 5.92 Å². The maximum atomic E-state index is 10.7. The van der Waals surface area contributed by atoms with Gasteiger partial charge in [0.1, 0.15) is 12.6 Å². The summed E-state index contributed by atoms with van der Waals surface area (Å²) in [5.41, 5.74) is 2.46. The molecule has 1 aliphatic carbocycles. The van der Waals surface area contributed by atoms with E-state index < -0.39 is 5.92 Å². The summed E-state index contributed by atoms with van der Waals surface area (Å²) in [6.45, 7) is 0. The van der Waals surface area contributed by atoms with E-state index >= 15 is 0 Å². The van der Waals surface area contributed by atoms with E-state index in [1.807, 2.05) is 18.2 Å². The molecule has 1 aromatic rings. The van der Waals surface area contributed by atoms with Crippen molar-refractivity contribution in [3.05, 3.63) is 35.4 Å². The van der Waals surface area contributed by atoms with Crippen molar-refractivity contribution < 1.29 is 9.59 Å². The summed E-state index contributed by atoms with van der Waals surface area (Å²) in [4.78, 5) is 21.4. The smallest absolute Gasteiger partial charge is 0.130 e. The highest BCUT2D eigenvalue weighted by molar-refractivity contribution is 5.79. The van der Waals surface area contributed by atoms with Gasteiger partial charge in [-0.15, -0.1) is 0 Å². The first-order chi connectivity index (χ1) is 6.86. The van der Waals surface area contributed by atoms with E-state index in [-0.39, 0.29) is 5.92 Å². The molecule has 0 aliphatic heterocycles. The number of fused-ring (bicyclic) bond motifs is 1. The Morgan fingerprint density at radius 2 is 1.93 bits per heavy atom. The first kappa shape index (κ1) is 9.13. The van der Waals surface area contributed by atoms with Gasteiger partial charge in [0.25, 0.3) is 0 Å². The van der Waals surface area contributed by atoms with Crippen molar-refractivity contribution in [2.45, 2.75) is 18.8 Å². The molecule has 0 spiro atoms. The minimum absolute atomic E-state index is 0.112. The molecule has 0 saturated carbocycles. The van der Waals surface area contributed by atoms with Crippen LogP contribution >= 0.6 is 0 Å². The van der Waals surface area contributed by atoms with Gasteiger partial charge >= 0.3 is 0 Å². The van der Waals surface area contributed by atoms with Gasteiger partial charge in [0.15, 0.2) is 0 Å². The number of aryl methyl sites for hydroxylation is 1. The van der Waals surface area contributed by atoms with Crippen LogP contribution in [0.15, 0.2) is 24.3 Å². The topological polar surface area (TPSA) is 34.1 Å². The van der Waals surface area contributed by atoms with E-state index in [9.17, 15) is 9.59 Å². The number of hydrogen-bond donors (Lipinski definition) is 0. The van der Waals surface area contributed by atoms with Gasteiger partial charge in [-0.05, 0) is 24.0 Å². The zero-order valence-corrected chi connectivity index (χ0v) is 7.85. The maximum Gasteiger partial charge on any atom is 0.130 e. The number of carbonyl (C=O) groups excluding carboxylic acids is 2. The fraction of sp³-hybridized carbons (Fsp3) is 0.333. The third kappa shape index (κ3) is 1.37. The summed E-state index contributed by atoms with van der Waals surface area (Å²) < 4.78 is 0. The molecule has 2 nitrogen and oxygen atoms in total. The molecule has 0 bridgehead atoms. The van der Waals surface area contributed by atoms with Crippen LogP contribution in [0.4, 0.5) is 0 Å². The highest BCUT2D eigenvalue weighted by atomic mass is 16.1. The van der Waals surface area contributed by atoms with Gasteiger partial charge < -0.3 is 9.59 Å². The van der Waals surface area contributed by atoms with Crippen LogP contribution in [0, 0.1) is 5.92 Å². The van der Waals surface area contributed by atoms with Gasteiger partial charge in [-0.25, -0.2) is 0 Å². The zero-order valence-electron chi connectivity index (χ0n) is 7.85. The van der Waals surface area contributed by atoms with Crippen molar-refractivity contribution in [2.24, 2.45) is 5.92 Å². The molecule has 0 heterocycles.